The highest BCUT2D eigenvalue weighted by molar-refractivity contribution is 7.78. The lowest BCUT2D eigenvalue weighted by Crippen LogP contribution is -2.45. The van der Waals surface area contributed by atoms with E-state index in [-0.39, 0.29) is 18.3 Å². The summed E-state index contributed by atoms with van der Waals surface area (Å²) in [5, 5.41) is 21.0. The minimum atomic E-state index is -0.884. The van der Waals surface area contributed by atoms with Gasteiger partial charge in [0.05, 0.1) is 17.4 Å². The van der Waals surface area contributed by atoms with Crippen molar-refractivity contribution in [3.05, 3.63) is 59.7 Å². The van der Waals surface area contributed by atoms with Crippen LogP contribution in [0, 0.1) is 0 Å². The maximum Gasteiger partial charge on any atom is 0.317 e. The summed E-state index contributed by atoms with van der Waals surface area (Å²) >= 11 is 4.60. The SMILES string of the molecule is NCC(Cc1ccc(N=C=S)cc1)N(CCc1ccc(O)cc1)CC(=O)O. The second kappa shape index (κ2) is 10.5. The van der Waals surface area contributed by atoms with Gasteiger partial charge in [-0.15, -0.1) is 0 Å². The Hall–Kier alpha value is -2.57. The summed E-state index contributed by atoms with van der Waals surface area (Å²) in [6.45, 7) is 0.835. The maximum atomic E-state index is 11.3. The molecule has 0 fully saturated rings. The first kappa shape index (κ1) is 20.7. The number of carbonyl (C=O) groups is 1. The molecule has 2 aromatic carbocycles. The average Bonchev–Trinajstić information content (AvgIpc) is 2.66. The standard InChI is InChI=1S/C20H23N3O3S/c21-12-18(11-16-1-5-17(6-2-16)22-14-27)23(13-20(25)26)10-9-15-3-7-19(24)8-4-15/h1-8,18,24H,9-13,21H2,(H,25,26). The molecule has 0 saturated heterocycles. The Labute approximate surface area is 164 Å². The number of phenolic OH excluding ortho intramolecular Hbond substituents is 1. The molecule has 4 N–H and O–H groups in total. The molecule has 27 heavy (non-hydrogen) atoms. The molecule has 0 bridgehead atoms. The molecule has 0 spiro atoms. The number of nitrogens with two attached hydrogens (primary N) is 1. The summed E-state index contributed by atoms with van der Waals surface area (Å²) in [5.74, 6) is -0.674. The van der Waals surface area contributed by atoms with Crippen LogP contribution in [-0.4, -0.2) is 51.9 Å². The number of aliphatic carboxylic acids is 1. The lowest BCUT2D eigenvalue weighted by Gasteiger charge is -2.29. The molecule has 0 aliphatic heterocycles. The molecule has 2 rings (SSSR count). The monoisotopic (exact) mass is 385 g/mol. The molecule has 0 aromatic heterocycles. The largest absolute Gasteiger partial charge is 0.508 e. The van der Waals surface area contributed by atoms with Crippen LogP contribution in [0.15, 0.2) is 53.5 Å². The van der Waals surface area contributed by atoms with E-state index in [4.69, 9.17) is 5.73 Å². The van der Waals surface area contributed by atoms with E-state index >= 15 is 0 Å². The Morgan fingerprint density at radius 1 is 1.15 bits per heavy atom. The van der Waals surface area contributed by atoms with Crippen LogP contribution in [0.1, 0.15) is 11.1 Å². The number of rotatable bonds is 10. The summed E-state index contributed by atoms with van der Waals surface area (Å²) in [4.78, 5) is 17.1. The summed E-state index contributed by atoms with van der Waals surface area (Å²) in [5.41, 5.74) is 8.76. The van der Waals surface area contributed by atoms with E-state index in [9.17, 15) is 15.0 Å². The number of carboxylic acid groups (broad SMARTS) is 1. The zero-order chi connectivity index (χ0) is 19.6. The fourth-order valence-electron chi connectivity index (χ4n) is 2.89. The third-order valence-electron chi connectivity index (χ3n) is 4.33. The normalized spacial score (nSPS) is 11.8. The number of nitrogens with zero attached hydrogens (tertiary/aromatic N) is 2. The number of hydrogen-bond acceptors (Lipinski definition) is 6. The lowest BCUT2D eigenvalue weighted by atomic mass is 10.0. The first-order valence-corrected chi connectivity index (χ1v) is 9.03. The van der Waals surface area contributed by atoms with Crippen molar-refractivity contribution in [3.8, 4) is 5.75 Å². The zero-order valence-electron chi connectivity index (χ0n) is 14.9. The van der Waals surface area contributed by atoms with Crippen LogP contribution in [0.25, 0.3) is 0 Å². The van der Waals surface area contributed by atoms with Gasteiger partial charge in [-0.2, -0.15) is 4.99 Å². The number of carboxylic acids is 1. The minimum Gasteiger partial charge on any atom is -0.508 e. The third kappa shape index (κ3) is 6.92. The van der Waals surface area contributed by atoms with Gasteiger partial charge in [0, 0.05) is 19.1 Å². The lowest BCUT2D eigenvalue weighted by molar-refractivity contribution is -0.138. The quantitative estimate of drug-likeness (QED) is 0.429. The first-order chi connectivity index (χ1) is 13.0. The van der Waals surface area contributed by atoms with Crippen molar-refractivity contribution in [2.45, 2.75) is 18.9 Å². The molecule has 142 valence electrons. The molecular formula is C20H23N3O3S. The Bertz CT molecular complexity index is 787. The summed E-state index contributed by atoms with van der Waals surface area (Å²) in [7, 11) is 0. The zero-order valence-corrected chi connectivity index (χ0v) is 15.7. The van der Waals surface area contributed by atoms with Crippen molar-refractivity contribution in [1.82, 2.24) is 4.90 Å². The van der Waals surface area contributed by atoms with Gasteiger partial charge in [-0.3, -0.25) is 9.69 Å². The van der Waals surface area contributed by atoms with E-state index in [1.807, 2.05) is 41.3 Å². The van der Waals surface area contributed by atoms with Crippen LogP contribution < -0.4 is 5.73 Å². The van der Waals surface area contributed by atoms with Gasteiger partial charge in [-0.05, 0) is 60.5 Å². The van der Waals surface area contributed by atoms with E-state index in [2.05, 4.69) is 22.4 Å². The Morgan fingerprint density at radius 2 is 1.78 bits per heavy atom. The smallest absolute Gasteiger partial charge is 0.317 e. The van der Waals surface area contributed by atoms with Crippen molar-refractivity contribution in [2.75, 3.05) is 19.6 Å². The summed E-state index contributed by atoms with van der Waals surface area (Å²) in [6, 6.07) is 14.4. The van der Waals surface area contributed by atoms with Gasteiger partial charge in [0.15, 0.2) is 0 Å². The predicted octanol–water partition coefficient (Wildman–Crippen LogP) is 2.63. The molecule has 0 heterocycles. The fraction of sp³-hybridized carbons (Fsp3) is 0.300. The van der Waals surface area contributed by atoms with Gasteiger partial charge in [0.1, 0.15) is 5.75 Å². The van der Waals surface area contributed by atoms with Crippen molar-refractivity contribution < 1.29 is 15.0 Å². The van der Waals surface area contributed by atoms with E-state index in [1.54, 1.807) is 12.1 Å². The summed E-state index contributed by atoms with van der Waals surface area (Å²) in [6.07, 6.45) is 1.31. The average molecular weight is 385 g/mol. The van der Waals surface area contributed by atoms with E-state index in [0.717, 1.165) is 16.8 Å². The molecule has 2 aromatic rings. The van der Waals surface area contributed by atoms with Gasteiger partial charge < -0.3 is 15.9 Å². The maximum absolute atomic E-state index is 11.3. The molecule has 1 atom stereocenters. The van der Waals surface area contributed by atoms with Crippen molar-refractivity contribution >= 4 is 29.0 Å². The van der Waals surface area contributed by atoms with Crippen molar-refractivity contribution in [2.24, 2.45) is 10.7 Å². The second-order valence-electron chi connectivity index (χ2n) is 6.24. The molecule has 0 radical (unpaired) electrons. The predicted molar refractivity (Wildman–Crippen MR) is 109 cm³/mol. The topological polar surface area (TPSA) is 99.1 Å². The van der Waals surface area contributed by atoms with Gasteiger partial charge in [-0.25, -0.2) is 0 Å². The number of thiocarbonyl (C=S) groups is 1. The van der Waals surface area contributed by atoms with E-state index < -0.39 is 5.97 Å². The van der Waals surface area contributed by atoms with Gasteiger partial charge in [0.25, 0.3) is 0 Å². The number of phenols is 1. The van der Waals surface area contributed by atoms with E-state index in [1.165, 1.54) is 0 Å². The number of aliphatic imine (C=N–C) groups is 1. The van der Waals surface area contributed by atoms with Crippen LogP contribution >= 0.6 is 12.2 Å². The Morgan fingerprint density at radius 3 is 2.33 bits per heavy atom. The fourth-order valence-corrected chi connectivity index (χ4v) is 3.00. The van der Waals surface area contributed by atoms with Crippen LogP contribution in [0.3, 0.4) is 0 Å². The number of isothiocyanates is 1. The number of hydrogen-bond donors (Lipinski definition) is 3. The Kier molecular flexibility index (Phi) is 8.10. The molecule has 0 aliphatic carbocycles. The van der Waals surface area contributed by atoms with Gasteiger partial charge in [0.2, 0.25) is 0 Å². The summed E-state index contributed by atoms with van der Waals surface area (Å²) < 4.78 is 0. The number of benzene rings is 2. The van der Waals surface area contributed by atoms with Gasteiger partial charge in [-0.1, -0.05) is 24.3 Å². The number of aromatic hydroxyl groups is 1. The molecule has 6 nitrogen and oxygen atoms in total. The van der Waals surface area contributed by atoms with Crippen LogP contribution in [0.2, 0.25) is 0 Å². The molecule has 0 saturated carbocycles. The molecule has 1 unspecified atom stereocenters. The highest BCUT2D eigenvalue weighted by Gasteiger charge is 2.20. The van der Waals surface area contributed by atoms with Crippen LogP contribution in [-0.2, 0) is 17.6 Å². The Balaban J connectivity index is 2.07. The van der Waals surface area contributed by atoms with Crippen molar-refractivity contribution in [3.63, 3.8) is 0 Å². The minimum absolute atomic E-state index is 0.0762. The van der Waals surface area contributed by atoms with Crippen molar-refractivity contribution in [1.29, 1.82) is 0 Å². The third-order valence-corrected chi connectivity index (χ3v) is 4.42. The van der Waals surface area contributed by atoms with Gasteiger partial charge >= 0.3 is 5.97 Å². The molecular weight excluding hydrogens is 362 g/mol. The molecule has 0 amide bonds. The highest BCUT2D eigenvalue weighted by Crippen LogP contribution is 2.16. The van der Waals surface area contributed by atoms with Crippen LogP contribution in [0.5, 0.6) is 5.75 Å². The highest BCUT2D eigenvalue weighted by atomic mass is 32.1. The molecule has 7 heteroatoms. The molecule has 0 aliphatic rings. The van der Waals surface area contributed by atoms with Crippen LogP contribution in [0.4, 0.5) is 5.69 Å². The second-order valence-corrected chi connectivity index (χ2v) is 6.43. The first-order valence-electron chi connectivity index (χ1n) is 8.62. The van der Waals surface area contributed by atoms with E-state index in [0.29, 0.717) is 25.9 Å².